The van der Waals surface area contributed by atoms with Crippen molar-refractivity contribution in [2.45, 2.75) is 45.1 Å². The molecule has 1 aromatic carbocycles. The van der Waals surface area contributed by atoms with Gasteiger partial charge in [0.1, 0.15) is 5.75 Å². The van der Waals surface area contributed by atoms with Gasteiger partial charge in [-0.25, -0.2) is 0 Å². The summed E-state index contributed by atoms with van der Waals surface area (Å²) in [6.07, 6.45) is -2.67. The Hall–Kier alpha value is -1.43. The monoisotopic (exact) mass is 302 g/mol. The van der Waals surface area contributed by atoms with Gasteiger partial charge in [-0.15, -0.1) is 13.2 Å². The SMILES string of the molecule is CC(C)N1CCC(Nc2cccc(OC(F)(F)F)c2)CC1. The molecule has 0 aromatic heterocycles. The van der Waals surface area contributed by atoms with Gasteiger partial charge in [-0.1, -0.05) is 6.07 Å². The van der Waals surface area contributed by atoms with Gasteiger partial charge in [-0.2, -0.15) is 0 Å². The molecule has 1 aliphatic heterocycles. The lowest BCUT2D eigenvalue weighted by atomic mass is 10.0. The van der Waals surface area contributed by atoms with Crippen molar-refractivity contribution in [3.63, 3.8) is 0 Å². The topological polar surface area (TPSA) is 24.5 Å². The standard InChI is InChI=1S/C15H21F3N2O/c1-11(2)20-8-6-12(7-9-20)19-13-4-3-5-14(10-13)21-15(16,17)18/h3-5,10-12,19H,6-9H2,1-2H3. The Kier molecular flexibility index (Phi) is 4.98. The maximum atomic E-state index is 12.2. The number of nitrogens with one attached hydrogen (secondary N) is 1. The van der Waals surface area contributed by atoms with Gasteiger partial charge in [0.25, 0.3) is 0 Å². The van der Waals surface area contributed by atoms with E-state index in [1.807, 2.05) is 0 Å². The Bertz CT molecular complexity index is 454. The minimum absolute atomic E-state index is 0.188. The number of halogens is 3. The Labute approximate surface area is 123 Å². The van der Waals surface area contributed by atoms with Gasteiger partial charge >= 0.3 is 6.36 Å². The molecule has 0 radical (unpaired) electrons. The molecule has 0 bridgehead atoms. The first-order chi connectivity index (χ1) is 9.83. The summed E-state index contributed by atoms with van der Waals surface area (Å²) in [6, 6.07) is 6.85. The van der Waals surface area contributed by atoms with Crippen LogP contribution < -0.4 is 10.1 Å². The highest BCUT2D eigenvalue weighted by Gasteiger charge is 2.31. The van der Waals surface area contributed by atoms with Crippen LogP contribution in [0.3, 0.4) is 0 Å². The lowest BCUT2D eigenvalue weighted by Gasteiger charge is -2.35. The normalized spacial score (nSPS) is 18.0. The third kappa shape index (κ3) is 5.12. The lowest BCUT2D eigenvalue weighted by molar-refractivity contribution is -0.274. The average molecular weight is 302 g/mol. The van der Waals surface area contributed by atoms with Crippen molar-refractivity contribution >= 4 is 5.69 Å². The second-order valence-electron chi connectivity index (χ2n) is 5.62. The van der Waals surface area contributed by atoms with Gasteiger partial charge in [-0.05, 0) is 38.8 Å². The van der Waals surface area contributed by atoms with Gasteiger partial charge in [0.15, 0.2) is 0 Å². The van der Waals surface area contributed by atoms with Crippen molar-refractivity contribution in [2.75, 3.05) is 18.4 Å². The van der Waals surface area contributed by atoms with Crippen LogP contribution in [0.4, 0.5) is 18.9 Å². The number of ether oxygens (including phenoxy) is 1. The van der Waals surface area contributed by atoms with E-state index >= 15 is 0 Å². The molecule has 3 nitrogen and oxygen atoms in total. The molecule has 0 aliphatic carbocycles. The first-order valence-electron chi connectivity index (χ1n) is 7.20. The van der Waals surface area contributed by atoms with Crippen LogP contribution in [0.25, 0.3) is 0 Å². The van der Waals surface area contributed by atoms with Crippen molar-refractivity contribution in [2.24, 2.45) is 0 Å². The molecule has 1 saturated heterocycles. The third-order valence-electron chi connectivity index (χ3n) is 3.70. The molecule has 0 unspecified atom stereocenters. The second kappa shape index (κ2) is 6.56. The number of alkyl halides is 3. The maximum Gasteiger partial charge on any atom is 0.573 e. The number of hydrogen-bond donors (Lipinski definition) is 1. The highest BCUT2D eigenvalue weighted by atomic mass is 19.4. The van der Waals surface area contributed by atoms with Crippen LogP contribution in [-0.4, -0.2) is 36.4 Å². The zero-order valence-electron chi connectivity index (χ0n) is 12.3. The van der Waals surface area contributed by atoms with Gasteiger partial charge in [0.05, 0.1) is 0 Å². The fourth-order valence-electron chi connectivity index (χ4n) is 2.58. The molecule has 2 rings (SSSR count). The molecular formula is C15H21F3N2O. The molecule has 21 heavy (non-hydrogen) atoms. The number of rotatable bonds is 4. The molecule has 1 fully saturated rings. The predicted octanol–water partition coefficient (Wildman–Crippen LogP) is 3.87. The Morgan fingerprint density at radius 2 is 1.90 bits per heavy atom. The van der Waals surface area contributed by atoms with Crippen LogP contribution in [0.5, 0.6) is 5.75 Å². The number of hydrogen-bond acceptors (Lipinski definition) is 3. The van der Waals surface area contributed by atoms with E-state index < -0.39 is 6.36 Å². The Morgan fingerprint density at radius 3 is 2.48 bits per heavy atom. The highest BCUT2D eigenvalue weighted by molar-refractivity contribution is 5.49. The van der Waals surface area contributed by atoms with Gasteiger partial charge in [-0.3, -0.25) is 0 Å². The van der Waals surface area contributed by atoms with Gasteiger partial charge in [0, 0.05) is 36.9 Å². The summed E-state index contributed by atoms with van der Waals surface area (Å²) >= 11 is 0. The minimum atomic E-state index is -4.65. The molecule has 1 heterocycles. The Morgan fingerprint density at radius 1 is 1.24 bits per heavy atom. The van der Waals surface area contributed by atoms with Crippen LogP contribution in [0.2, 0.25) is 0 Å². The Balaban J connectivity index is 1.90. The van der Waals surface area contributed by atoms with E-state index in [2.05, 4.69) is 28.8 Å². The van der Waals surface area contributed by atoms with E-state index in [-0.39, 0.29) is 5.75 Å². The first kappa shape index (κ1) is 15.9. The smallest absolute Gasteiger partial charge is 0.406 e. The van der Waals surface area contributed by atoms with Gasteiger partial charge < -0.3 is 15.0 Å². The fraction of sp³-hybridized carbons (Fsp3) is 0.600. The first-order valence-corrected chi connectivity index (χ1v) is 7.20. The number of piperidine rings is 1. The summed E-state index contributed by atoms with van der Waals surface area (Å²) in [5.41, 5.74) is 0.666. The molecule has 0 amide bonds. The zero-order chi connectivity index (χ0) is 15.5. The van der Waals surface area contributed by atoms with E-state index in [1.165, 1.54) is 12.1 Å². The minimum Gasteiger partial charge on any atom is -0.406 e. The molecule has 0 atom stereocenters. The van der Waals surface area contributed by atoms with Crippen molar-refractivity contribution in [3.8, 4) is 5.75 Å². The molecule has 0 saturated carbocycles. The summed E-state index contributed by atoms with van der Waals surface area (Å²) < 4.78 is 40.5. The van der Waals surface area contributed by atoms with E-state index in [1.54, 1.807) is 12.1 Å². The average Bonchev–Trinajstić information content (AvgIpc) is 2.37. The molecular weight excluding hydrogens is 281 g/mol. The van der Waals surface area contributed by atoms with Crippen LogP contribution in [-0.2, 0) is 0 Å². The molecule has 1 aliphatic rings. The van der Waals surface area contributed by atoms with Crippen LogP contribution >= 0.6 is 0 Å². The van der Waals surface area contributed by atoms with E-state index in [4.69, 9.17) is 0 Å². The van der Waals surface area contributed by atoms with E-state index in [0.717, 1.165) is 25.9 Å². The molecule has 1 aromatic rings. The largest absolute Gasteiger partial charge is 0.573 e. The van der Waals surface area contributed by atoms with Crippen molar-refractivity contribution in [1.29, 1.82) is 0 Å². The number of benzene rings is 1. The lowest BCUT2D eigenvalue weighted by Crippen LogP contribution is -2.42. The zero-order valence-corrected chi connectivity index (χ0v) is 12.3. The fourth-order valence-corrected chi connectivity index (χ4v) is 2.58. The summed E-state index contributed by atoms with van der Waals surface area (Å²) in [6.45, 7) is 6.36. The summed E-state index contributed by atoms with van der Waals surface area (Å²) in [5, 5.41) is 3.29. The number of anilines is 1. The van der Waals surface area contributed by atoms with Crippen LogP contribution in [0.1, 0.15) is 26.7 Å². The van der Waals surface area contributed by atoms with Crippen molar-refractivity contribution < 1.29 is 17.9 Å². The van der Waals surface area contributed by atoms with Crippen molar-refractivity contribution in [1.82, 2.24) is 4.90 Å². The second-order valence-corrected chi connectivity index (χ2v) is 5.62. The van der Waals surface area contributed by atoms with Gasteiger partial charge in [0.2, 0.25) is 0 Å². The summed E-state index contributed by atoms with van der Waals surface area (Å²) in [4.78, 5) is 2.40. The quantitative estimate of drug-likeness (QED) is 0.914. The number of likely N-dealkylation sites (tertiary alicyclic amines) is 1. The molecule has 118 valence electrons. The maximum absolute atomic E-state index is 12.2. The van der Waals surface area contributed by atoms with Crippen LogP contribution in [0.15, 0.2) is 24.3 Å². The molecule has 6 heteroatoms. The van der Waals surface area contributed by atoms with E-state index in [9.17, 15) is 13.2 Å². The molecule has 1 N–H and O–H groups in total. The predicted molar refractivity (Wildman–Crippen MR) is 76.5 cm³/mol. The summed E-state index contributed by atoms with van der Waals surface area (Å²) in [7, 11) is 0. The number of nitrogens with zero attached hydrogens (tertiary/aromatic N) is 1. The van der Waals surface area contributed by atoms with E-state index in [0.29, 0.717) is 17.8 Å². The highest BCUT2D eigenvalue weighted by Crippen LogP contribution is 2.26. The van der Waals surface area contributed by atoms with Crippen LogP contribution in [0, 0.1) is 0 Å². The van der Waals surface area contributed by atoms with Crippen molar-refractivity contribution in [3.05, 3.63) is 24.3 Å². The summed E-state index contributed by atoms with van der Waals surface area (Å²) in [5.74, 6) is -0.188. The third-order valence-corrected chi connectivity index (χ3v) is 3.70. The molecule has 0 spiro atoms.